The number of furan rings is 1. The zero-order valence-electron chi connectivity index (χ0n) is 12.4. The molecule has 3 nitrogen and oxygen atoms in total. The van der Waals surface area contributed by atoms with Crippen LogP contribution in [0.5, 0.6) is 0 Å². The summed E-state index contributed by atoms with van der Waals surface area (Å²) in [5.41, 5.74) is 0.742. The van der Waals surface area contributed by atoms with E-state index < -0.39 is 0 Å². The average Bonchev–Trinajstić information content (AvgIpc) is 3.25. The molecule has 2 heterocycles. The number of thiophene rings is 1. The Bertz CT molecular complexity index is 753. The van der Waals surface area contributed by atoms with Gasteiger partial charge in [-0.3, -0.25) is 4.79 Å². The van der Waals surface area contributed by atoms with Crippen molar-refractivity contribution < 1.29 is 9.21 Å². The number of nitrogens with zero attached hydrogens (tertiary/aromatic N) is 1. The van der Waals surface area contributed by atoms with Gasteiger partial charge in [-0.1, -0.05) is 18.2 Å². The van der Waals surface area contributed by atoms with Gasteiger partial charge in [0.25, 0.3) is 5.91 Å². The maximum atomic E-state index is 12.9. The molecule has 0 fully saturated rings. The summed E-state index contributed by atoms with van der Waals surface area (Å²) in [6, 6.07) is 15.6. The normalized spacial score (nSPS) is 10.7. The molecule has 0 saturated carbocycles. The summed E-state index contributed by atoms with van der Waals surface area (Å²) < 4.78 is 6.39. The molecule has 3 rings (SSSR count). The molecule has 1 amide bonds. The highest BCUT2D eigenvalue weighted by atomic mass is 127. The molecule has 118 valence electrons. The van der Waals surface area contributed by atoms with Gasteiger partial charge in [-0.05, 0) is 64.7 Å². The molecule has 0 aliphatic heterocycles. The van der Waals surface area contributed by atoms with Gasteiger partial charge in [0.15, 0.2) is 0 Å². The lowest BCUT2D eigenvalue weighted by Gasteiger charge is -2.22. The fraction of sp³-hybridized carbons (Fsp3) is 0.167. The standard InChI is InChI=1S/C18H16INO2S/c19-17-8-2-1-7-16(17)18(21)20(13-14-5-3-11-22-14)10-9-15-6-4-12-23-15/h1-8,11-12H,9-10,13H2. The molecule has 3 aromatic rings. The van der Waals surface area contributed by atoms with Crippen LogP contribution in [0.3, 0.4) is 0 Å². The van der Waals surface area contributed by atoms with Crippen molar-refractivity contribution in [3.63, 3.8) is 0 Å². The minimum absolute atomic E-state index is 0.0444. The lowest BCUT2D eigenvalue weighted by atomic mass is 10.2. The molecule has 0 aliphatic carbocycles. The number of rotatable bonds is 6. The molecule has 0 aliphatic rings. The van der Waals surface area contributed by atoms with E-state index in [9.17, 15) is 4.79 Å². The summed E-state index contributed by atoms with van der Waals surface area (Å²) in [7, 11) is 0. The number of hydrogen-bond donors (Lipinski definition) is 0. The van der Waals surface area contributed by atoms with Gasteiger partial charge in [-0.15, -0.1) is 11.3 Å². The summed E-state index contributed by atoms with van der Waals surface area (Å²) in [5, 5.41) is 2.06. The Kier molecular flexibility index (Phi) is 5.51. The van der Waals surface area contributed by atoms with Gasteiger partial charge in [0.2, 0.25) is 0 Å². The van der Waals surface area contributed by atoms with Gasteiger partial charge in [-0.25, -0.2) is 0 Å². The predicted molar refractivity (Wildman–Crippen MR) is 101 cm³/mol. The van der Waals surface area contributed by atoms with Crippen molar-refractivity contribution in [1.29, 1.82) is 0 Å². The van der Waals surface area contributed by atoms with Crippen LogP contribution in [0.1, 0.15) is 21.0 Å². The van der Waals surface area contributed by atoms with Gasteiger partial charge in [0.1, 0.15) is 5.76 Å². The fourth-order valence-corrected chi connectivity index (χ4v) is 3.66. The van der Waals surface area contributed by atoms with Crippen LogP contribution in [0, 0.1) is 3.57 Å². The molecule has 0 atom stereocenters. The maximum absolute atomic E-state index is 12.9. The van der Waals surface area contributed by atoms with E-state index in [1.165, 1.54) is 4.88 Å². The first-order valence-electron chi connectivity index (χ1n) is 7.32. The smallest absolute Gasteiger partial charge is 0.255 e. The van der Waals surface area contributed by atoms with Crippen molar-refractivity contribution in [3.8, 4) is 0 Å². The second-order valence-electron chi connectivity index (χ2n) is 5.12. The van der Waals surface area contributed by atoms with Gasteiger partial charge in [0, 0.05) is 15.0 Å². The van der Waals surface area contributed by atoms with Crippen LogP contribution in [-0.2, 0) is 13.0 Å². The number of hydrogen-bond acceptors (Lipinski definition) is 3. The van der Waals surface area contributed by atoms with Gasteiger partial charge in [0.05, 0.1) is 18.4 Å². The molecular formula is C18H16INO2S. The van der Waals surface area contributed by atoms with E-state index in [0.717, 1.165) is 21.3 Å². The predicted octanol–water partition coefficient (Wildman–Crippen LogP) is 4.83. The Labute approximate surface area is 153 Å². The van der Waals surface area contributed by atoms with E-state index in [4.69, 9.17) is 4.42 Å². The van der Waals surface area contributed by atoms with E-state index in [-0.39, 0.29) is 5.91 Å². The number of benzene rings is 1. The van der Waals surface area contributed by atoms with Crippen molar-refractivity contribution in [3.05, 3.63) is 79.9 Å². The highest BCUT2D eigenvalue weighted by molar-refractivity contribution is 14.1. The SMILES string of the molecule is O=C(c1ccccc1I)N(CCc1cccs1)Cc1ccco1. The summed E-state index contributed by atoms with van der Waals surface area (Å²) in [6.45, 7) is 1.16. The summed E-state index contributed by atoms with van der Waals surface area (Å²) in [4.78, 5) is 16.1. The monoisotopic (exact) mass is 437 g/mol. The van der Waals surface area contributed by atoms with Gasteiger partial charge in [-0.2, -0.15) is 0 Å². The van der Waals surface area contributed by atoms with Gasteiger partial charge < -0.3 is 9.32 Å². The number of halogens is 1. The van der Waals surface area contributed by atoms with Crippen LogP contribution in [0.2, 0.25) is 0 Å². The van der Waals surface area contributed by atoms with Crippen LogP contribution < -0.4 is 0 Å². The zero-order chi connectivity index (χ0) is 16.1. The first-order chi connectivity index (χ1) is 11.2. The second-order valence-corrected chi connectivity index (χ2v) is 7.31. The van der Waals surface area contributed by atoms with Crippen LogP contribution in [0.4, 0.5) is 0 Å². The van der Waals surface area contributed by atoms with Crippen LogP contribution in [0.15, 0.2) is 64.6 Å². The van der Waals surface area contributed by atoms with E-state index in [2.05, 4.69) is 34.0 Å². The number of carbonyl (C=O) groups excluding carboxylic acids is 1. The summed E-state index contributed by atoms with van der Waals surface area (Å²) in [5.74, 6) is 0.846. The van der Waals surface area contributed by atoms with Crippen molar-refractivity contribution >= 4 is 39.8 Å². The molecule has 0 radical (unpaired) electrons. The molecular weight excluding hydrogens is 421 g/mol. The van der Waals surface area contributed by atoms with Crippen molar-refractivity contribution in [1.82, 2.24) is 4.90 Å². The van der Waals surface area contributed by atoms with Crippen molar-refractivity contribution in [2.75, 3.05) is 6.54 Å². The molecule has 0 saturated heterocycles. The largest absolute Gasteiger partial charge is 0.467 e. The highest BCUT2D eigenvalue weighted by Crippen LogP contribution is 2.18. The third kappa shape index (κ3) is 4.23. The Balaban J connectivity index is 1.78. The third-order valence-electron chi connectivity index (χ3n) is 3.53. The summed E-state index contributed by atoms with van der Waals surface area (Å²) in [6.07, 6.45) is 2.50. The van der Waals surface area contributed by atoms with E-state index in [1.807, 2.05) is 47.4 Å². The zero-order valence-corrected chi connectivity index (χ0v) is 15.4. The minimum atomic E-state index is 0.0444. The minimum Gasteiger partial charge on any atom is -0.467 e. The van der Waals surface area contributed by atoms with Crippen LogP contribution >= 0.6 is 33.9 Å². The highest BCUT2D eigenvalue weighted by Gasteiger charge is 2.19. The molecule has 23 heavy (non-hydrogen) atoms. The molecule has 0 unspecified atom stereocenters. The van der Waals surface area contributed by atoms with Crippen LogP contribution in [-0.4, -0.2) is 17.4 Å². The number of amides is 1. The Morgan fingerprint density at radius 3 is 2.70 bits per heavy atom. The van der Waals surface area contributed by atoms with E-state index in [1.54, 1.807) is 17.6 Å². The third-order valence-corrected chi connectivity index (χ3v) is 5.40. The first-order valence-corrected chi connectivity index (χ1v) is 9.28. The fourth-order valence-electron chi connectivity index (χ4n) is 2.35. The molecule has 5 heteroatoms. The van der Waals surface area contributed by atoms with E-state index >= 15 is 0 Å². The van der Waals surface area contributed by atoms with Crippen molar-refractivity contribution in [2.45, 2.75) is 13.0 Å². The van der Waals surface area contributed by atoms with Crippen molar-refractivity contribution in [2.24, 2.45) is 0 Å². The lowest BCUT2D eigenvalue weighted by Crippen LogP contribution is -2.32. The molecule has 1 aromatic carbocycles. The second kappa shape index (κ2) is 7.79. The lowest BCUT2D eigenvalue weighted by molar-refractivity contribution is 0.0733. The maximum Gasteiger partial charge on any atom is 0.255 e. The topological polar surface area (TPSA) is 33.5 Å². The molecule has 0 bridgehead atoms. The Morgan fingerprint density at radius 2 is 2.00 bits per heavy atom. The average molecular weight is 437 g/mol. The number of carbonyl (C=O) groups is 1. The Morgan fingerprint density at radius 1 is 1.13 bits per heavy atom. The summed E-state index contributed by atoms with van der Waals surface area (Å²) >= 11 is 3.93. The molecule has 0 N–H and O–H groups in total. The first kappa shape index (κ1) is 16.3. The van der Waals surface area contributed by atoms with Crippen LogP contribution in [0.25, 0.3) is 0 Å². The van der Waals surface area contributed by atoms with E-state index in [0.29, 0.717) is 13.1 Å². The molecule has 2 aromatic heterocycles. The molecule has 0 spiro atoms. The quantitative estimate of drug-likeness (QED) is 0.518. The Hall–Kier alpha value is -1.60. The van der Waals surface area contributed by atoms with Gasteiger partial charge >= 0.3 is 0 Å².